The van der Waals surface area contributed by atoms with Crippen LogP contribution in [0.2, 0.25) is 0 Å². The van der Waals surface area contributed by atoms with Gasteiger partial charge in [0.25, 0.3) is 0 Å². The lowest BCUT2D eigenvalue weighted by molar-refractivity contribution is -0.122. The Kier molecular flexibility index (Phi) is 4.42. The third kappa shape index (κ3) is 2.97. The maximum absolute atomic E-state index is 11.7. The van der Waals surface area contributed by atoms with Crippen LogP contribution < -0.4 is 5.32 Å². The fourth-order valence-electron chi connectivity index (χ4n) is 1.92. The van der Waals surface area contributed by atoms with Gasteiger partial charge >= 0.3 is 0 Å². The van der Waals surface area contributed by atoms with Crippen LogP contribution in [0.15, 0.2) is 0 Å². The standard InChI is InChI=1S/C11H20BrNO/c1-7(2)10(12)11(14)13-9-6-4-5-8(9)3/h7-10H,4-6H2,1-3H3,(H,13,14). The van der Waals surface area contributed by atoms with Crippen LogP contribution in [0, 0.1) is 11.8 Å². The number of nitrogens with one attached hydrogen (secondary N) is 1. The summed E-state index contributed by atoms with van der Waals surface area (Å²) in [7, 11) is 0. The van der Waals surface area contributed by atoms with E-state index in [1.54, 1.807) is 0 Å². The van der Waals surface area contributed by atoms with Crippen molar-refractivity contribution in [3.05, 3.63) is 0 Å². The molecule has 0 radical (unpaired) electrons. The van der Waals surface area contributed by atoms with Crippen LogP contribution in [-0.2, 0) is 4.79 Å². The van der Waals surface area contributed by atoms with E-state index in [2.05, 4.69) is 42.0 Å². The zero-order valence-corrected chi connectivity index (χ0v) is 10.8. The molecule has 0 aliphatic heterocycles. The summed E-state index contributed by atoms with van der Waals surface area (Å²) >= 11 is 3.42. The first-order valence-electron chi connectivity index (χ1n) is 5.46. The summed E-state index contributed by atoms with van der Waals surface area (Å²) in [6.45, 7) is 6.32. The van der Waals surface area contributed by atoms with E-state index in [1.165, 1.54) is 12.8 Å². The monoisotopic (exact) mass is 261 g/mol. The van der Waals surface area contributed by atoms with Crippen molar-refractivity contribution in [2.75, 3.05) is 0 Å². The zero-order valence-electron chi connectivity index (χ0n) is 9.22. The van der Waals surface area contributed by atoms with E-state index in [1.807, 2.05) is 0 Å². The van der Waals surface area contributed by atoms with E-state index in [0.29, 0.717) is 17.9 Å². The second kappa shape index (κ2) is 5.15. The normalized spacial score (nSPS) is 29.2. The lowest BCUT2D eigenvalue weighted by atomic mass is 10.1. The van der Waals surface area contributed by atoms with Crippen molar-refractivity contribution in [3.63, 3.8) is 0 Å². The molecule has 1 aliphatic rings. The third-order valence-corrected chi connectivity index (χ3v) is 4.50. The van der Waals surface area contributed by atoms with Gasteiger partial charge in [-0.05, 0) is 24.7 Å². The Morgan fingerprint density at radius 1 is 1.43 bits per heavy atom. The number of amides is 1. The summed E-state index contributed by atoms with van der Waals surface area (Å²) in [5.41, 5.74) is 0. The van der Waals surface area contributed by atoms with E-state index >= 15 is 0 Å². The van der Waals surface area contributed by atoms with Crippen LogP contribution in [0.1, 0.15) is 40.0 Å². The minimum absolute atomic E-state index is 0.0460. The van der Waals surface area contributed by atoms with Crippen molar-refractivity contribution >= 4 is 21.8 Å². The topological polar surface area (TPSA) is 29.1 Å². The molecule has 1 saturated carbocycles. The molecule has 3 atom stereocenters. The van der Waals surface area contributed by atoms with E-state index < -0.39 is 0 Å². The maximum Gasteiger partial charge on any atom is 0.234 e. The van der Waals surface area contributed by atoms with Gasteiger partial charge in [-0.25, -0.2) is 0 Å². The Bertz CT molecular complexity index is 205. The van der Waals surface area contributed by atoms with Crippen LogP contribution in [0.4, 0.5) is 0 Å². The number of carbonyl (C=O) groups excluding carboxylic acids is 1. The summed E-state index contributed by atoms with van der Waals surface area (Å²) in [4.78, 5) is 11.7. The first-order chi connectivity index (χ1) is 6.52. The highest BCUT2D eigenvalue weighted by Gasteiger charge is 2.27. The van der Waals surface area contributed by atoms with Crippen molar-refractivity contribution in [1.82, 2.24) is 5.32 Å². The van der Waals surface area contributed by atoms with Crippen LogP contribution in [-0.4, -0.2) is 16.8 Å². The summed E-state index contributed by atoms with van der Waals surface area (Å²) in [5, 5.41) is 3.12. The lowest BCUT2D eigenvalue weighted by Gasteiger charge is -2.21. The molecular formula is C11H20BrNO. The molecule has 3 unspecified atom stereocenters. The molecule has 0 bridgehead atoms. The van der Waals surface area contributed by atoms with Crippen LogP contribution in [0.3, 0.4) is 0 Å². The predicted molar refractivity (Wildman–Crippen MR) is 62.5 cm³/mol. The van der Waals surface area contributed by atoms with E-state index in [9.17, 15) is 4.79 Å². The average Bonchev–Trinajstić information content (AvgIpc) is 2.50. The molecule has 14 heavy (non-hydrogen) atoms. The Morgan fingerprint density at radius 2 is 2.07 bits per heavy atom. The molecular weight excluding hydrogens is 242 g/mol. The third-order valence-electron chi connectivity index (χ3n) is 3.02. The molecule has 1 fully saturated rings. The van der Waals surface area contributed by atoms with E-state index in [4.69, 9.17) is 0 Å². The van der Waals surface area contributed by atoms with Gasteiger partial charge in [0.1, 0.15) is 0 Å². The number of rotatable bonds is 3. The molecule has 1 aliphatic carbocycles. The summed E-state index contributed by atoms with van der Waals surface area (Å²) in [6, 6.07) is 0.404. The predicted octanol–water partition coefficient (Wildman–Crippen LogP) is 2.71. The fourth-order valence-corrected chi connectivity index (χ4v) is 2.06. The molecule has 2 nitrogen and oxygen atoms in total. The van der Waals surface area contributed by atoms with Crippen molar-refractivity contribution in [2.24, 2.45) is 11.8 Å². The molecule has 0 heterocycles. The summed E-state index contributed by atoms with van der Waals surface area (Å²) in [5.74, 6) is 1.15. The number of halogens is 1. The van der Waals surface area contributed by atoms with Gasteiger partial charge < -0.3 is 5.32 Å². The molecule has 82 valence electrons. The van der Waals surface area contributed by atoms with Gasteiger partial charge in [-0.1, -0.05) is 43.1 Å². The quantitative estimate of drug-likeness (QED) is 0.778. The molecule has 0 aromatic carbocycles. The van der Waals surface area contributed by atoms with Crippen molar-refractivity contribution in [3.8, 4) is 0 Å². The van der Waals surface area contributed by atoms with Gasteiger partial charge in [-0.3, -0.25) is 4.79 Å². The van der Waals surface area contributed by atoms with E-state index in [-0.39, 0.29) is 10.7 Å². The highest BCUT2D eigenvalue weighted by atomic mass is 79.9. The Hall–Kier alpha value is -0.0500. The van der Waals surface area contributed by atoms with E-state index in [0.717, 1.165) is 6.42 Å². The zero-order chi connectivity index (χ0) is 10.7. The van der Waals surface area contributed by atoms with Gasteiger partial charge in [0, 0.05) is 6.04 Å². The minimum Gasteiger partial charge on any atom is -0.352 e. The number of hydrogen-bond acceptors (Lipinski definition) is 1. The highest BCUT2D eigenvalue weighted by Crippen LogP contribution is 2.25. The SMILES string of the molecule is CC(C)C(Br)C(=O)NC1CCCC1C. The smallest absolute Gasteiger partial charge is 0.234 e. The second-order valence-corrected chi connectivity index (χ2v) is 5.66. The molecule has 0 aromatic rings. The molecule has 1 amide bonds. The molecule has 3 heteroatoms. The van der Waals surface area contributed by atoms with Crippen LogP contribution in [0.25, 0.3) is 0 Å². The fraction of sp³-hybridized carbons (Fsp3) is 0.909. The summed E-state index contributed by atoms with van der Waals surface area (Å²) in [6.07, 6.45) is 3.64. The largest absolute Gasteiger partial charge is 0.352 e. The molecule has 0 spiro atoms. The molecule has 1 rings (SSSR count). The summed E-state index contributed by atoms with van der Waals surface area (Å²) < 4.78 is 0. The molecule has 0 saturated heterocycles. The molecule has 0 aromatic heterocycles. The number of hydrogen-bond donors (Lipinski definition) is 1. The Morgan fingerprint density at radius 3 is 2.50 bits per heavy atom. The average molecular weight is 262 g/mol. The van der Waals surface area contributed by atoms with Crippen molar-refractivity contribution < 1.29 is 4.79 Å². The lowest BCUT2D eigenvalue weighted by Crippen LogP contribution is -2.42. The number of alkyl halides is 1. The second-order valence-electron chi connectivity index (χ2n) is 4.67. The first kappa shape index (κ1) is 12.0. The maximum atomic E-state index is 11.7. The van der Waals surface area contributed by atoms with Crippen molar-refractivity contribution in [2.45, 2.75) is 50.9 Å². The Labute approximate surface area is 95.0 Å². The Balaban J connectivity index is 2.40. The van der Waals surface area contributed by atoms with Gasteiger partial charge in [0.2, 0.25) is 5.91 Å². The first-order valence-corrected chi connectivity index (χ1v) is 6.38. The van der Waals surface area contributed by atoms with Crippen molar-refractivity contribution in [1.29, 1.82) is 0 Å². The highest BCUT2D eigenvalue weighted by molar-refractivity contribution is 9.10. The van der Waals surface area contributed by atoms with Gasteiger partial charge in [-0.2, -0.15) is 0 Å². The van der Waals surface area contributed by atoms with Gasteiger partial charge in [0.05, 0.1) is 4.83 Å². The minimum atomic E-state index is -0.0460. The van der Waals surface area contributed by atoms with Crippen LogP contribution in [0.5, 0.6) is 0 Å². The van der Waals surface area contributed by atoms with Gasteiger partial charge in [0.15, 0.2) is 0 Å². The van der Waals surface area contributed by atoms with Gasteiger partial charge in [-0.15, -0.1) is 0 Å². The number of carbonyl (C=O) groups is 1. The van der Waals surface area contributed by atoms with Crippen LogP contribution >= 0.6 is 15.9 Å². The molecule has 1 N–H and O–H groups in total.